The Morgan fingerprint density at radius 3 is 1.93 bits per heavy atom. The Labute approximate surface area is 173 Å². The van der Waals surface area contributed by atoms with Crippen LogP contribution in [-0.4, -0.2) is 18.0 Å². The molecule has 0 atom stereocenters. The van der Waals surface area contributed by atoms with Crippen LogP contribution in [0.25, 0.3) is 11.1 Å². The molecule has 0 spiro atoms. The van der Waals surface area contributed by atoms with E-state index >= 15 is 0 Å². The summed E-state index contributed by atoms with van der Waals surface area (Å²) in [6, 6.07) is 15.8. The van der Waals surface area contributed by atoms with E-state index in [-0.39, 0.29) is 5.56 Å². The van der Waals surface area contributed by atoms with E-state index in [4.69, 9.17) is 9.47 Å². The van der Waals surface area contributed by atoms with E-state index < -0.39 is 41.0 Å². The van der Waals surface area contributed by atoms with Crippen molar-refractivity contribution < 1.29 is 27.8 Å². The lowest BCUT2D eigenvalue weighted by Gasteiger charge is -2.11. The van der Waals surface area contributed by atoms with Gasteiger partial charge < -0.3 is 9.47 Å². The monoisotopic (exact) mass is 410 g/mol. The molecular formula is C24H20F2O4. The van der Waals surface area contributed by atoms with E-state index in [1.807, 2.05) is 31.2 Å². The first-order chi connectivity index (χ1) is 14.2. The van der Waals surface area contributed by atoms with Gasteiger partial charge in [0.2, 0.25) is 0 Å². The SMILES string of the molecule is Cc1ccc(-c2ccc(C(=O)Oc3cc(F)c(C(=O)OC(C)C)cc3F)cc2)cc1. The molecule has 0 radical (unpaired) electrons. The van der Waals surface area contributed by atoms with Crippen LogP contribution in [0.2, 0.25) is 0 Å². The summed E-state index contributed by atoms with van der Waals surface area (Å²) in [7, 11) is 0. The summed E-state index contributed by atoms with van der Waals surface area (Å²) in [5.41, 5.74) is 2.63. The topological polar surface area (TPSA) is 52.6 Å². The van der Waals surface area contributed by atoms with Crippen LogP contribution in [0.15, 0.2) is 60.7 Å². The second kappa shape index (κ2) is 8.86. The van der Waals surface area contributed by atoms with Crippen molar-refractivity contribution in [2.24, 2.45) is 0 Å². The minimum atomic E-state index is -1.04. The van der Waals surface area contributed by atoms with E-state index in [2.05, 4.69) is 0 Å². The van der Waals surface area contributed by atoms with E-state index in [0.29, 0.717) is 12.1 Å². The highest BCUT2D eigenvalue weighted by Crippen LogP contribution is 2.25. The van der Waals surface area contributed by atoms with Crippen molar-refractivity contribution in [1.82, 2.24) is 0 Å². The van der Waals surface area contributed by atoms with Crippen LogP contribution >= 0.6 is 0 Å². The zero-order chi connectivity index (χ0) is 21.8. The highest BCUT2D eigenvalue weighted by Gasteiger charge is 2.21. The first-order valence-electron chi connectivity index (χ1n) is 9.34. The number of hydrogen-bond acceptors (Lipinski definition) is 4. The second-order valence-corrected chi connectivity index (χ2v) is 7.05. The van der Waals surface area contributed by atoms with Gasteiger partial charge in [-0.05, 0) is 50.1 Å². The Hall–Kier alpha value is -3.54. The highest BCUT2D eigenvalue weighted by molar-refractivity contribution is 5.92. The van der Waals surface area contributed by atoms with Crippen LogP contribution in [0.1, 0.15) is 40.1 Å². The first kappa shape index (κ1) is 21.2. The van der Waals surface area contributed by atoms with Crippen LogP contribution in [0.5, 0.6) is 5.75 Å². The fourth-order valence-electron chi connectivity index (χ4n) is 2.74. The molecule has 0 saturated heterocycles. The van der Waals surface area contributed by atoms with Gasteiger partial charge in [-0.3, -0.25) is 0 Å². The van der Waals surface area contributed by atoms with E-state index in [9.17, 15) is 18.4 Å². The number of ether oxygens (including phenoxy) is 2. The van der Waals surface area contributed by atoms with Gasteiger partial charge in [0.25, 0.3) is 0 Å². The average Bonchev–Trinajstić information content (AvgIpc) is 2.70. The number of rotatable bonds is 5. The Morgan fingerprint density at radius 1 is 0.800 bits per heavy atom. The predicted octanol–water partition coefficient (Wildman–Crippen LogP) is 5.72. The maximum atomic E-state index is 14.3. The summed E-state index contributed by atoms with van der Waals surface area (Å²) in [6.45, 7) is 5.17. The molecule has 154 valence electrons. The van der Waals surface area contributed by atoms with Gasteiger partial charge in [-0.15, -0.1) is 0 Å². The molecule has 0 aromatic heterocycles. The zero-order valence-corrected chi connectivity index (χ0v) is 16.7. The van der Waals surface area contributed by atoms with E-state index in [0.717, 1.165) is 16.7 Å². The molecule has 4 nitrogen and oxygen atoms in total. The van der Waals surface area contributed by atoms with Crippen molar-refractivity contribution in [3.63, 3.8) is 0 Å². The van der Waals surface area contributed by atoms with Crippen molar-refractivity contribution >= 4 is 11.9 Å². The van der Waals surface area contributed by atoms with Gasteiger partial charge in [0.1, 0.15) is 5.82 Å². The smallest absolute Gasteiger partial charge is 0.343 e. The molecule has 0 aliphatic carbocycles. The third-order valence-corrected chi connectivity index (χ3v) is 4.29. The summed E-state index contributed by atoms with van der Waals surface area (Å²) >= 11 is 0. The molecule has 3 rings (SSSR count). The van der Waals surface area contributed by atoms with Gasteiger partial charge in [-0.25, -0.2) is 18.4 Å². The molecule has 0 amide bonds. The van der Waals surface area contributed by atoms with Crippen LogP contribution < -0.4 is 4.74 Å². The van der Waals surface area contributed by atoms with Gasteiger partial charge in [-0.2, -0.15) is 0 Å². The Morgan fingerprint density at radius 2 is 1.37 bits per heavy atom. The lowest BCUT2D eigenvalue weighted by atomic mass is 10.0. The molecule has 0 aliphatic rings. The fourth-order valence-corrected chi connectivity index (χ4v) is 2.74. The Bertz CT molecular complexity index is 1070. The third kappa shape index (κ3) is 4.89. The number of benzene rings is 3. The Balaban J connectivity index is 1.76. The third-order valence-electron chi connectivity index (χ3n) is 4.29. The number of carbonyl (C=O) groups excluding carboxylic acids is 2. The molecule has 0 bridgehead atoms. The number of carbonyl (C=O) groups is 2. The number of hydrogen-bond donors (Lipinski definition) is 0. The highest BCUT2D eigenvalue weighted by atomic mass is 19.1. The minimum Gasteiger partial charge on any atom is -0.459 e. The second-order valence-electron chi connectivity index (χ2n) is 7.05. The van der Waals surface area contributed by atoms with Gasteiger partial charge in [-0.1, -0.05) is 42.0 Å². The van der Waals surface area contributed by atoms with Crippen molar-refractivity contribution in [1.29, 1.82) is 0 Å². The largest absolute Gasteiger partial charge is 0.459 e. The molecule has 3 aromatic carbocycles. The van der Waals surface area contributed by atoms with Crippen molar-refractivity contribution in [3.8, 4) is 16.9 Å². The molecule has 0 fully saturated rings. The lowest BCUT2D eigenvalue weighted by Crippen LogP contribution is -2.15. The van der Waals surface area contributed by atoms with E-state index in [1.165, 1.54) is 0 Å². The molecule has 0 N–H and O–H groups in total. The maximum Gasteiger partial charge on any atom is 0.343 e. The van der Waals surface area contributed by atoms with Crippen LogP contribution in [0.3, 0.4) is 0 Å². The molecule has 0 aliphatic heterocycles. The molecule has 3 aromatic rings. The Kier molecular flexibility index (Phi) is 6.26. The van der Waals surface area contributed by atoms with Crippen molar-refractivity contribution in [2.75, 3.05) is 0 Å². The number of halogens is 2. The van der Waals surface area contributed by atoms with Crippen molar-refractivity contribution in [3.05, 3.63) is 89.0 Å². The first-order valence-corrected chi connectivity index (χ1v) is 9.34. The van der Waals surface area contributed by atoms with Gasteiger partial charge in [0.15, 0.2) is 11.6 Å². The minimum absolute atomic E-state index is 0.175. The van der Waals surface area contributed by atoms with Gasteiger partial charge in [0, 0.05) is 6.07 Å². The number of aryl methyl sites for hydroxylation is 1. The van der Waals surface area contributed by atoms with Crippen LogP contribution in [0.4, 0.5) is 8.78 Å². The summed E-state index contributed by atoms with van der Waals surface area (Å²) < 4.78 is 38.3. The standard InChI is InChI=1S/C24H20F2O4/c1-14(2)29-24(28)19-12-21(26)22(13-20(19)25)30-23(27)18-10-8-17(9-11-18)16-6-4-15(3)5-7-16/h4-14H,1-3H3. The fraction of sp³-hybridized carbons (Fsp3) is 0.167. The maximum absolute atomic E-state index is 14.3. The quantitative estimate of drug-likeness (QED) is 0.398. The summed E-state index contributed by atoms with van der Waals surface area (Å²) in [5, 5.41) is 0. The summed E-state index contributed by atoms with van der Waals surface area (Å²) in [6.07, 6.45) is -0.486. The number of esters is 2. The molecule has 0 unspecified atom stereocenters. The van der Waals surface area contributed by atoms with Crippen LogP contribution in [-0.2, 0) is 4.74 Å². The predicted molar refractivity (Wildman–Crippen MR) is 108 cm³/mol. The molecule has 0 heterocycles. The molecular weight excluding hydrogens is 390 g/mol. The average molecular weight is 410 g/mol. The lowest BCUT2D eigenvalue weighted by molar-refractivity contribution is 0.0372. The van der Waals surface area contributed by atoms with Gasteiger partial charge >= 0.3 is 11.9 Å². The van der Waals surface area contributed by atoms with E-state index in [1.54, 1.807) is 38.1 Å². The summed E-state index contributed by atoms with van der Waals surface area (Å²) in [5.74, 6) is -4.54. The molecule has 0 saturated carbocycles. The van der Waals surface area contributed by atoms with Gasteiger partial charge in [0.05, 0.1) is 17.2 Å². The molecule has 6 heteroatoms. The normalized spacial score (nSPS) is 10.7. The molecule has 30 heavy (non-hydrogen) atoms. The summed E-state index contributed by atoms with van der Waals surface area (Å²) in [4.78, 5) is 24.1. The zero-order valence-electron chi connectivity index (χ0n) is 16.7. The van der Waals surface area contributed by atoms with Crippen molar-refractivity contribution in [2.45, 2.75) is 26.9 Å². The van der Waals surface area contributed by atoms with Crippen LogP contribution in [0, 0.1) is 18.6 Å².